The van der Waals surface area contributed by atoms with Crippen LogP contribution in [-0.2, 0) is 6.42 Å². The highest BCUT2D eigenvalue weighted by Gasteiger charge is 2.18. The number of carbonyl (C=O) groups is 1. The zero-order chi connectivity index (χ0) is 19.3. The van der Waals surface area contributed by atoms with Gasteiger partial charge in [-0.25, -0.2) is 9.97 Å². The molecule has 138 valence electrons. The summed E-state index contributed by atoms with van der Waals surface area (Å²) >= 11 is 0. The van der Waals surface area contributed by atoms with E-state index in [1.165, 1.54) is 0 Å². The molecular formula is C22H18N4O2. The van der Waals surface area contributed by atoms with Gasteiger partial charge >= 0.3 is 0 Å². The SMILES string of the molecule is N#Cc1cc(Nc2ncc3c(n2)CCCCC3=O)cc(Oc2ccccc2)c1. The summed E-state index contributed by atoms with van der Waals surface area (Å²) in [4.78, 5) is 20.9. The molecule has 0 aliphatic heterocycles. The Bertz CT molecular complexity index is 1060. The highest BCUT2D eigenvalue weighted by atomic mass is 16.5. The van der Waals surface area contributed by atoms with Gasteiger partial charge < -0.3 is 10.1 Å². The number of nitrogens with zero attached hydrogens (tertiary/aromatic N) is 3. The number of fused-ring (bicyclic) bond motifs is 1. The van der Waals surface area contributed by atoms with Crippen molar-refractivity contribution in [1.82, 2.24) is 9.97 Å². The van der Waals surface area contributed by atoms with Gasteiger partial charge in [-0.05, 0) is 43.5 Å². The van der Waals surface area contributed by atoms with E-state index in [1.807, 2.05) is 30.3 Å². The number of carbonyl (C=O) groups excluding carboxylic acids is 1. The third-order valence-electron chi connectivity index (χ3n) is 4.51. The van der Waals surface area contributed by atoms with Gasteiger partial charge in [-0.1, -0.05) is 18.2 Å². The molecule has 3 aromatic rings. The molecule has 1 N–H and O–H groups in total. The normalized spacial score (nSPS) is 13.2. The molecule has 1 heterocycles. The second-order valence-corrected chi connectivity index (χ2v) is 6.58. The van der Waals surface area contributed by atoms with Gasteiger partial charge in [0.1, 0.15) is 11.5 Å². The van der Waals surface area contributed by atoms with Crippen molar-refractivity contribution in [2.45, 2.75) is 25.7 Å². The molecule has 0 fully saturated rings. The van der Waals surface area contributed by atoms with Crippen LogP contribution in [0, 0.1) is 11.3 Å². The van der Waals surface area contributed by atoms with Crippen LogP contribution in [-0.4, -0.2) is 15.8 Å². The number of Topliss-reactive ketones (excluding diaryl/α,β-unsaturated/α-hetero) is 1. The number of hydrogen-bond donors (Lipinski definition) is 1. The number of para-hydroxylation sites is 1. The van der Waals surface area contributed by atoms with Crippen LogP contribution in [0.1, 0.15) is 40.9 Å². The molecule has 2 aromatic carbocycles. The maximum absolute atomic E-state index is 12.1. The minimum Gasteiger partial charge on any atom is -0.457 e. The monoisotopic (exact) mass is 370 g/mol. The first kappa shape index (κ1) is 17.7. The lowest BCUT2D eigenvalue weighted by atomic mass is 10.1. The molecule has 0 bridgehead atoms. The Morgan fingerprint density at radius 3 is 2.68 bits per heavy atom. The summed E-state index contributed by atoms with van der Waals surface area (Å²) in [5.41, 5.74) is 2.49. The number of ketones is 1. The van der Waals surface area contributed by atoms with E-state index < -0.39 is 0 Å². The van der Waals surface area contributed by atoms with Crippen molar-refractivity contribution in [3.05, 3.63) is 71.5 Å². The van der Waals surface area contributed by atoms with Crippen molar-refractivity contribution in [2.75, 3.05) is 5.32 Å². The third-order valence-corrected chi connectivity index (χ3v) is 4.51. The molecule has 6 nitrogen and oxygen atoms in total. The van der Waals surface area contributed by atoms with Crippen LogP contribution >= 0.6 is 0 Å². The number of ether oxygens (including phenoxy) is 1. The molecule has 6 heteroatoms. The van der Waals surface area contributed by atoms with Crippen LogP contribution in [0.2, 0.25) is 0 Å². The fourth-order valence-electron chi connectivity index (χ4n) is 3.16. The Kier molecular flexibility index (Phi) is 4.98. The molecule has 4 rings (SSSR count). The molecule has 0 atom stereocenters. The third kappa shape index (κ3) is 3.99. The minimum absolute atomic E-state index is 0.101. The molecule has 0 radical (unpaired) electrons. The summed E-state index contributed by atoms with van der Waals surface area (Å²) in [6.45, 7) is 0. The quantitative estimate of drug-likeness (QED) is 0.664. The molecule has 0 saturated carbocycles. The Hall–Kier alpha value is -3.72. The first-order valence-electron chi connectivity index (χ1n) is 9.15. The molecule has 1 aromatic heterocycles. The molecule has 1 aliphatic carbocycles. The smallest absolute Gasteiger partial charge is 0.227 e. The van der Waals surface area contributed by atoms with E-state index in [0.29, 0.717) is 40.7 Å². The maximum atomic E-state index is 12.1. The predicted molar refractivity (Wildman–Crippen MR) is 105 cm³/mol. The van der Waals surface area contributed by atoms with Crippen LogP contribution in [0.4, 0.5) is 11.6 Å². The number of rotatable bonds is 4. The second-order valence-electron chi connectivity index (χ2n) is 6.58. The Morgan fingerprint density at radius 2 is 1.86 bits per heavy atom. The number of anilines is 2. The fraction of sp³-hybridized carbons (Fsp3) is 0.182. The van der Waals surface area contributed by atoms with Gasteiger partial charge in [-0.3, -0.25) is 4.79 Å². The average molecular weight is 370 g/mol. The van der Waals surface area contributed by atoms with Crippen molar-refractivity contribution in [3.63, 3.8) is 0 Å². The highest BCUT2D eigenvalue weighted by molar-refractivity contribution is 5.97. The number of nitrogens with one attached hydrogen (secondary N) is 1. The van der Waals surface area contributed by atoms with E-state index in [4.69, 9.17) is 4.74 Å². The molecule has 0 spiro atoms. The van der Waals surface area contributed by atoms with E-state index in [0.717, 1.165) is 25.0 Å². The van der Waals surface area contributed by atoms with E-state index in [9.17, 15) is 10.1 Å². The molecular weight excluding hydrogens is 352 g/mol. The van der Waals surface area contributed by atoms with Gasteiger partial charge in [0.2, 0.25) is 5.95 Å². The zero-order valence-corrected chi connectivity index (χ0v) is 15.2. The highest BCUT2D eigenvalue weighted by Crippen LogP contribution is 2.28. The lowest BCUT2D eigenvalue weighted by Gasteiger charge is -2.11. The Balaban J connectivity index is 1.61. The Morgan fingerprint density at radius 1 is 1.04 bits per heavy atom. The van der Waals surface area contributed by atoms with Crippen molar-refractivity contribution >= 4 is 17.4 Å². The molecule has 0 amide bonds. The van der Waals surface area contributed by atoms with Gasteiger partial charge in [0.25, 0.3) is 0 Å². The van der Waals surface area contributed by atoms with Gasteiger partial charge in [-0.15, -0.1) is 0 Å². The number of aromatic nitrogens is 2. The van der Waals surface area contributed by atoms with E-state index in [1.54, 1.807) is 24.4 Å². The average Bonchev–Trinajstić information content (AvgIpc) is 2.89. The fourth-order valence-corrected chi connectivity index (χ4v) is 3.16. The standard InChI is InChI=1S/C22H18N4O2/c23-13-15-10-16(12-18(11-15)28-17-6-2-1-3-7-17)25-22-24-14-19-20(26-22)8-4-5-9-21(19)27/h1-3,6-7,10-12,14H,4-5,8-9H2,(H,24,25,26). The molecule has 28 heavy (non-hydrogen) atoms. The maximum Gasteiger partial charge on any atom is 0.227 e. The van der Waals surface area contributed by atoms with Gasteiger partial charge in [0, 0.05) is 24.4 Å². The number of nitriles is 1. The molecule has 1 aliphatic rings. The topological polar surface area (TPSA) is 87.9 Å². The van der Waals surface area contributed by atoms with E-state index in [-0.39, 0.29) is 5.78 Å². The van der Waals surface area contributed by atoms with Gasteiger partial charge in [0.05, 0.1) is 22.9 Å². The summed E-state index contributed by atoms with van der Waals surface area (Å²) in [6.07, 6.45) is 4.72. The van der Waals surface area contributed by atoms with Crippen LogP contribution in [0.5, 0.6) is 11.5 Å². The largest absolute Gasteiger partial charge is 0.457 e. The van der Waals surface area contributed by atoms with E-state index in [2.05, 4.69) is 21.4 Å². The van der Waals surface area contributed by atoms with Crippen LogP contribution in [0.15, 0.2) is 54.7 Å². The number of benzene rings is 2. The number of hydrogen-bond acceptors (Lipinski definition) is 6. The molecule has 0 saturated heterocycles. The van der Waals surface area contributed by atoms with Crippen LogP contribution in [0.3, 0.4) is 0 Å². The lowest BCUT2D eigenvalue weighted by Crippen LogP contribution is -2.07. The van der Waals surface area contributed by atoms with Crippen LogP contribution < -0.4 is 10.1 Å². The predicted octanol–water partition coefficient (Wildman–Crippen LogP) is 4.79. The summed E-state index contributed by atoms with van der Waals surface area (Å²) in [5.74, 6) is 1.72. The van der Waals surface area contributed by atoms with Gasteiger partial charge in [0.15, 0.2) is 5.78 Å². The summed E-state index contributed by atoms with van der Waals surface area (Å²) in [6, 6.07) is 16.7. The zero-order valence-electron chi connectivity index (χ0n) is 15.2. The van der Waals surface area contributed by atoms with Crippen LogP contribution in [0.25, 0.3) is 0 Å². The minimum atomic E-state index is 0.101. The van der Waals surface area contributed by atoms with Gasteiger partial charge in [-0.2, -0.15) is 5.26 Å². The summed E-state index contributed by atoms with van der Waals surface area (Å²) < 4.78 is 5.84. The first-order chi connectivity index (χ1) is 13.7. The lowest BCUT2D eigenvalue weighted by molar-refractivity contribution is 0.0981. The Labute approximate surface area is 162 Å². The summed E-state index contributed by atoms with van der Waals surface area (Å²) in [5, 5.41) is 12.5. The van der Waals surface area contributed by atoms with Crippen molar-refractivity contribution in [3.8, 4) is 17.6 Å². The first-order valence-corrected chi connectivity index (χ1v) is 9.15. The second kappa shape index (κ2) is 7.89. The van der Waals surface area contributed by atoms with Crippen molar-refractivity contribution < 1.29 is 9.53 Å². The summed E-state index contributed by atoms with van der Waals surface area (Å²) in [7, 11) is 0. The van der Waals surface area contributed by atoms with E-state index >= 15 is 0 Å². The number of aryl methyl sites for hydroxylation is 1. The van der Waals surface area contributed by atoms with Crippen molar-refractivity contribution in [2.24, 2.45) is 0 Å². The molecule has 0 unspecified atom stereocenters. The van der Waals surface area contributed by atoms with Crippen molar-refractivity contribution in [1.29, 1.82) is 5.26 Å².